The van der Waals surface area contributed by atoms with Gasteiger partial charge in [0.15, 0.2) is 0 Å². The molecule has 108 valence electrons. The van der Waals surface area contributed by atoms with Crippen LogP contribution in [0.1, 0.15) is 21.6 Å². The zero-order valence-electron chi connectivity index (χ0n) is 11.8. The Morgan fingerprint density at radius 2 is 2.14 bits per heavy atom. The van der Waals surface area contributed by atoms with Crippen molar-refractivity contribution >= 4 is 11.6 Å². The number of aromatic nitrogens is 2. The minimum Gasteiger partial charge on any atom is -0.490 e. The highest BCUT2D eigenvalue weighted by atomic mass is 16.5. The number of hydrogen-bond donors (Lipinski definition) is 1. The number of aryl methyl sites for hydroxylation is 2. The maximum Gasteiger partial charge on any atom is 0.278 e. The molecule has 0 saturated heterocycles. The van der Waals surface area contributed by atoms with Crippen molar-refractivity contribution in [2.24, 2.45) is 0 Å². The molecule has 1 N–H and O–H groups in total. The van der Waals surface area contributed by atoms with E-state index >= 15 is 0 Å². The summed E-state index contributed by atoms with van der Waals surface area (Å²) in [5.74, 6) is 0.458. The van der Waals surface area contributed by atoms with Gasteiger partial charge in [0.1, 0.15) is 18.1 Å². The summed E-state index contributed by atoms with van der Waals surface area (Å²) in [6.07, 6.45) is 0. The zero-order valence-corrected chi connectivity index (χ0v) is 11.8. The molecule has 0 atom stereocenters. The van der Waals surface area contributed by atoms with Crippen LogP contribution in [0.4, 0.5) is 5.69 Å². The summed E-state index contributed by atoms with van der Waals surface area (Å²) >= 11 is 0. The average molecular weight is 285 g/mol. The molecule has 2 heterocycles. The van der Waals surface area contributed by atoms with Crippen LogP contribution < -0.4 is 15.2 Å². The molecular formula is C15H15N3O3. The second-order valence-corrected chi connectivity index (χ2v) is 5.04. The number of amides is 1. The topological polar surface area (TPSA) is 75.3 Å². The van der Waals surface area contributed by atoms with E-state index in [4.69, 9.17) is 4.74 Å². The number of carbonyl (C=O) groups excluding carboxylic acids is 1. The van der Waals surface area contributed by atoms with Gasteiger partial charge in [0.05, 0.1) is 12.2 Å². The highest BCUT2D eigenvalue weighted by Crippen LogP contribution is 2.36. The number of anilines is 1. The molecule has 0 aliphatic carbocycles. The van der Waals surface area contributed by atoms with E-state index < -0.39 is 0 Å². The lowest BCUT2D eigenvalue weighted by Gasteiger charge is -2.31. The molecule has 0 fully saturated rings. The van der Waals surface area contributed by atoms with E-state index in [2.05, 4.69) is 10.2 Å². The van der Waals surface area contributed by atoms with Crippen LogP contribution in [0.25, 0.3) is 0 Å². The Morgan fingerprint density at radius 1 is 1.33 bits per heavy atom. The molecular weight excluding hydrogens is 270 g/mol. The molecule has 1 aromatic carbocycles. The van der Waals surface area contributed by atoms with Gasteiger partial charge in [-0.3, -0.25) is 14.5 Å². The van der Waals surface area contributed by atoms with Gasteiger partial charge in [0, 0.05) is 6.07 Å². The molecule has 3 rings (SSSR count). The van der Waals surface area contributed by atoms with E-state index in [1.807, 2.05) is 26.0 Å². The minimum absolute atomic E-state index is 0.211. The predicted molar refractivity (Wildman–Crippen MR) is 77.9 cm³/mol. The van der Waals surface area contributed by atoms with E-state index in [-0.39, 0.29) is 17.2 Å². The Hall–Kier alpha value is -2.63. The van der Waals surface area contributed by atoms with E-state index in [1.165, 1.54) is 12.1 Å². The van der Waals surface area contributed by atoms with Crippen molar-refractivity contribution in [3.05, 3.63) is 51.4 Å². The van der Waals surface area contributed by atoms with E-state index in [0.29, 0.717) is 18.9 Å². The van der Waals surface area contributed by atoms with Gasteiger partial charge < -0.3 is 4.74 Å². The summed E-state index contributed by atoms with van der Waals surface area (Å²) in [5.41, 5.74) is 2.71. The Labute approximate surface area is 121 Å². The molecule has 6 heteroatoms. The van der Waals surface area contributed by atoms with Crippen LogP contribution in [0, 0.1) is 13.8 Å². The number of hydrogen-bond acceptors (Lipinski definition) is 4. The summed E-state index contributed by atoms with van der Waals surface area (Å²) in [5, 5.41) is 6.09. The average Bonchev–Trinajstić information content (AvgIpc) is 2.46. The largest absolute Gasteiger partial charge is 0.490 e. The standard InChI is InChI=1S/C15H15N3O3/c1-9-7-10(2)14-12(8-9)21-6-5-18(14)15(20)11-3-4-13(19)17-16-11/h3-4,7-8H,5-6H2,1-2H3,(H,17,19). The van der Waals surface area contributed by atoms with E-state index in [1.54, 1.807) is 4.90 Å². The third-order valence-corrected chi connectivity index (χ3v) is 3.40. The molecule has 1 amide bonds. The molecule has 1 aliphatic rings. The van der Waals surface area contributed by atoms with Crippen molar-refractivity contribution in [1.82, 2.24) is 10.2 Å². The Morgan fingerprint density at radius 3 is 2.86 bits per heavy atom. The zero-order chi connectivity index (χ0) is 15.0. The number of H-pyrrole nitrogens is 1. The van der Waals surface area contributed by atoms with Crippen molar-refractivity contribution in [2.45, 2.75) is 13.8 Å². The number of aromatic amines is 1. The van der Waals surface area contributed by atoms with Crippen LogP contribution in [0.3, 0.4) is 0 Å². The maximum atomic E-state index is 12.6. The van der Waals surface area contributed by atoms with Gasteiger partial charge in [-0.25, -0.2) is 5.10 Å². The lowest BCUT2D eigenvalue weighted by Crippen LogP contribution is -2.39. The van der Waals surface area contributed by atoms with Gasteiger partial charge in [-0.1, -0.05) is 6.07 Å². The molecule has 1 aliphatic heterocycles. The first kappa shape index (κ1) is 13.4. The van der Waals surface area contributed by atoms with Crippen molar-refractivity contribution in [2.75, 3.05) is 18.1 Å². The summed E-state index contributed by atoms with van der Waals surface area (Å²) in [6.45, 7) is 4.82. The molecule has 21 heavy (non-hydrogen) atoms. The third-order valence-electron chi connectivity index (χ3n) is 3.40. The fourth-order valence-corrected chi connectivity index (χ4v) is 2.54. The monoisotopic (exact) mass is 285 g/mol. The summed E-state index contributed by atoms with van der Waals surface area (Å²) in [4.78, 5) is 25.3. The quantitative estimate of drug-likeness (QED) is 0.860. The Kier molecular flexibility index (Phi) is 3.21. The lowest BCUT2D eigenvalue weighted by atomic mass is 10.1. The number of carbonyl (C=O) groups is 1. The van der Waals surface area contributed by atoms with Gasteiger partial charge in [-0.2, -0.15) is 5.10 Å². The summed E-state index contributed by atoms with van der Waals surface area (Å²) in [6, 6.07) is 6.65. The molecule has 0 radical (unpaired) electrons. The SMILES string of the molecule is Cc1cc(C)c2c(c1)OCCN2C(=O)c1ccc(=O)[nH]n1. The lowest BCUT2D eigenvalue weighted by molar-refractivity contribution is 0.0970. The molecule has 0 saturated carbocycles. The van der Waals surface area contributed by atoms with Crippen LogP contribution in [-0.4, -0.2) is 29.3 Å². The first-order chi connectivity index (χ1) is 10.1. The normalized spacial score (nSPS) is 13.5. The smallest absolute Gasteiger partial charge is 0.278 e. The number of fused-ring (bicyclic) bond motifs is 1. The molecule has 0 bridgehead atoms. The molecule has 0 spiro atoms. The van der Waals surface area contributed by atoms with Crippen molar-refractivity contribution in [3.63, 3.8) is 0 Å². The molecule has 0 unspecified atom stereocenters. The minimum atomic E-state index is -0.333. The van der Waals surface area contributed by atoms with Gasteiger partial charge in [0.2, 0.25) is 0 Å². The highest BCUT2D eigenvalue weighted by molar-refractivity contribution is 6.06. The van der Waals surface area contributed by atoms with E-state index in [9.17, 15) is 9.59 Å². The number of nitrogens with zero attached hydrogens (tertiary/aromatic N) is 2. The molecule has 2 aromatic rings. The Bertz CT molecular complexity index is 747. The van der Waals surface area contributed by atoms with E-state index in [0.717, 1.165) is 16.8 Å². The number of ether oxygens (including phenoxy) is 1. The van der Waals surface area contributed by atoms with Crippen molar-refractivity contribution in [3.8, 4) is 5.75 Å². The first-order valence-corrected chi connectivity index (χ1v) is 6.68. The van der Waals surface area contributed by atoms with Crippen LogP contribution in [0.2, 0.25) is 0 Å². The first-order valence-electron chi connectivity index (χ1n) is 6.68. The van der Waals surface area contributed by atoms with Gasteiger partial charge in [-0.15, -0.1) is 0 Å². The second kappa shape index (κ2) is 5.05. The van der Waals surface area contributed by atoms with Crippen molar-refractivity contribution in [1.29, 1.82) is 0 Å². The number of benzene rings is 1. The van der Waals surface area contributed by atoms with Crippen LogP contribution in [0.15, 0.2) is 29.1 Å². The fraction of sp³-hybridized carbons (Fsp3) is 0.267. The molecule has 6 nitrogen and oxygen atoms in total. The maximum absolute atomic E-state index is 12.6. The fourth-order valence-electron chi connectivity index (χ4n) is 2.54. The second-order valence-electron chi connectivity index (χ2n) is 5.04. The summed E-state index contributed by atoms with van der Waals surface area (Å²) < 4.78 is 5.65. The Balaban J connectivity index is 2.04. The van der Waals surface area contributed by atoms with Crippen LogP contribution in [-0.2, 0) is 0 Å². The summed E-state index contributed by atoms with van der Waals surface area (Å²) in [7, 11) is 0. The van der Waals surface area contributed by atoms with Crippen LogP contribution >= 0.6 is 0 Å². The third kappa shape index (κ3) is 2.40. The van der Waals surface area contributed by atoms with Gasteiger partial charge in [-0.05, 0) is 37.1 Å². The predicted octanol–water partition coefficient (Wildman–Crippen LogP) is 1.43. The highest BCUT2D eigenvalue weighted by Gasteiger charge is 2.27. The molecule has 1 aromatic heterocycles. The van der Waals surface area contributed by atoms with Crippen molar-refractivity contribution < 1.29 is 9.53 Å². The van der Waals surface area contributed by atoms with Gasteiger partial charge >= 0.3 is 0 Å². The van der Waals surface area contributed by atoms with Gasteiger partial charge in [0.25, 0.3) is 11.5 Å². The number of nitrogens with one attached hydrogen (secondary N) is 1. The van der Waals surface area contributed by atoms with Crippen LogP contribution in [0.5, 0.6) is 5.75 Å². The number of rotatable bonds is 1.